The van der Waals surface area contributed by atoms with Crippen LogP contribution in [0.25, 0.3) is 0 Å². The Bertz CT molecular complexity index is 680. The fourth-order valence-electron chi connectivity index (χ4n) is 2.15. The number of benzene rings is 1. The van der Waals surface area contributed by atoms with E-state index in [-0.39, 0.29) is 11.1 Å². The molecule has 0 amide bonds. The van der Waals surface area contributed by atoms with Crippen molar-refractivity contribution in [2.45, 2.75) is 20.8 Å². The summed E-state index contributed by atoms with van der Waals surface area (Å²) in [6.45, 7) is 5.24. The zero-order chi connectivity index (χ0) is 15.4. The largest absolute Gasteiger partial charge is 0.505 e. The highest BCUT2D eigenvalue weighted by molar-refractivity contribution is 6.28. The maximum absolute atomic E-state index is 12.4. The first-order chi connectivity index (χ1) is 9.07. The Morgan fingerprint density at radius 1 is 0.950 bits per heavy atom. The van der Waals surface area contributed by atoms with Gasteiger partial charge < -0.3 is 21.1 Å². The van der Waals surface area contributed by atoms with E-state index in [0.29, 0.717) is 0 Å². The second-order valence-electron chi connectivity index (χ2n) is 5.71. The summed E-state index contributed by atoms with van der Waals surface area (Å²) in [5.41, 5.74) is 3.70. The van der Waals surface area contributed by atoms with Crippen LogP contribution >= 0.6 is 0 Å². The minimum Gasteiger partial charge on any atom is -0.505 e. The summed E-state index contributed by atoms with van der Waals surface area (Å²) in [4.78, 5) is 24.5. The van der Waals surface area contributed by atoms with Crippen LogP contribution in [-0.4, -0.2) is 26.9 Å². The Kier molecular flexibility index (Phi) is 2.78. The van der Waals surface area contributed by atoms with E-state index in [1.807, 2.05) is 0 Å². The maximum Gasteiger partial charge on any atom is 0.194 e. The zero-order valence-corrected chi connectivity index (χ0v) is 11.3. The van der Waals surface area contributed by atoms with Crippen molar-refractivity contribution >= 4 is 17.3 Å². The summed E-state index contributed by atoms with van der Waals surface area (Å²) in [6, 6.07) is 0. The summed E-state index contributed by atoms with van der Waals surface area (Å²) in [6.07, 6.45) is 1.11. The van der Waals surface area contributed by atoms with Crippen molar-refractivity contribution in [1.29, 1.82) is 0 Å². The Balaban J connectivity index is 2.84. The molecule has 0 spiro atoms. The average Bonchev–Trinajstić information content (AvgIpc) is 2.34. The maximum atomic E-state index is 12.4. The standard InChI is InChI=1S/C14H15NO5/c1-14(2,3)5-4-6(16)7-8(10(5)17)11(18)9(15)13(20)12(7)19/h4,18-20H,15H2,1-3H3. The lowest BCUT2D eigenvalue weighted by molar-refractivity contribution is 0.0961. The van der Waals surface area contributed by atoms with Gasteiger partial charge in [-0.2, -0.15) is 0 Å². The van der Waals surface area contributed by atoms with E-state index < -0.39 is 45.5 Å². The molecule has 0 atom stereocenters. The summed E-state index contributed by atoms with van der Waals surface area (Å²) < 4.78 is 0. The van der Waals surface area contributed by atoms with Gasteiger partial charge in [0, 0.05) is 5.57 Å². The van der Waals surface area contributed by atoms with Gasteiger partial charge in [0.1, 0.15) is 5.69 Å². The number of nitrogens with two attached hydrogens (primary N) is 1. The average molecular weight is 277 g/mol. The molecule has 0 aromatic heterocycles. The molecule has 0 fully saturated rings. The molecular weight excluding hydrogens is 262 g/mol. The number of phenols is 3. The van der Waals surface area contributed by atoms with E-state index in [4.69, 9.17) is 5.73 Å². The van der Waals surface area contributed by atoms with E-state index in [2.05, 4.69) is 0 Å². The van der Waals surface area contributed by atoms with Gasteiger partial charge in [0.05, 0.1) is 11.1 Å². The lowest BCUT2D eigenvalue weighted by Gasteiger charge is -2.26. The number of ketones is 2. The molecule has 0 aliphatic heterocycles. The van der Waals surface area contributed by atoms with Crippen molar-refractivity contribution in [3.63, 3.8) is 0 Å². The molecule has 5 N–H and O–H groups in total. The van der Waals surface area contributed by atoms with Crippen molar-refractivity contribution in [3.8, 4) is 17.2 Å². The third-order valence-corrected chi connectivity index (χ3v) is 3.26. The summed E-state index contributed by atoms with van der Waals surface area (Å²) >= 11 is 0. The molecule has 6 heteroatoms. The van der Waals surface area contributed by atoms with Crippen LogP contribution in [0.3, 0.4) is 0 Å². The van der Waals surface area contributed by atoms with Crippen LogP contribution in [-0.2, 0) is 0 Å². The number of Topliss-reactive ketones (excluding diaryl/α,β-unsaturated/α-hetero) is 1. The number of allylic oxidation sites excluding steroid dienone is 2. The Morgan fingerprint density at radius 3 is 2.00 bits per heavy atom. The molecule has 106 valence electrons. The number of hydrogen-bond acceptors (Lipinski definition) is 6. The van der Waals surface area contributed by atoms with Gasteiger partial charge in [-0.25, -0.2) is 0 Å². The first kappa shape index (κ1) is 13.9. The second kappa shape index (κ2) is 4.00. The van der Waals surface area contributed by atoms with Gasteiger partial charge in [0.15, 0.2) is 28.8 Å². The van der Waals surface area contributed by atoms with Gasteiger partial charge in [-0.15, -0.1) is 0 Å². The Labute approximate surface area is 115 Å². The molecule has 0 radical (unpaired) electrons. The van der Waals surface area contributed by atoms with Gasteiger partial charge in [-0.1, -0.05) is 20.8 Å². The minimum absolute atomic E-state index is 0.204. The van der Waals surface area contributed by atoms with Crippen LogP contribution in [0, 0.1) is 5.41 Å². The van der Waals surface area contributed by atoms with Gasteiger partial charge in [0.25, 0.3) is 0 Å². The van der Waals surface area contributed by atoms with Crippen LogP contribution < -0.4 is 5.73 Å². The molecule has 1 aromatic rings. The van der Waals surface area contributed by atoms with Gasteiger partial charge in [0.2, 0.25) is 0 Å². The van der Waals surface area contributed by atoms with E-state index >= 15 is 0 Å². The van der Waals surface area contributed by atoms with E-state index in [9.17, 15) is 24.9 Å². The SMILES string of the molecule is CC(C)(C)C1=CC(=O)c2c(O)c(O)c(N)c(O)c2C1=O. The van der Waals surface area contributed by atoms with Crippen molar-refractivity contribution in [2.24, 2.45) is 5.41 Å². The van der Waals surface area contributed by atoms with Crippen molar-refractivity contribution in [3.05, 3.63) is 22.8 Å². The molecule has 2 rings (SSSR count). The highest BCUT2D eigenvalue weighted by atomic mass is 16.3. The lowest BCUT2D eigenvalue weighted by Crippen LogP contribution is -2.25. The number of rotatable bonds is 0. The Morgan fingerprint density at radius 2 is 1.50 bits per heavy atom. The summed E-state index contributed by atoms with van der Waals surface area (Å²) in [5, 5.41) is 29.3. The minimum atomic E-state index is -0.810. The summed E-state index contributed by atoms with van der Waals surface area (Å²) in [7, 11) is 0. The number of carbonyl (C=O) groups is 2. The van der Waals surface area contributed by atoms with Gasteiger partial charge in [-0.3, -0.25) is 9.59 Å². The number of anilines is 1. The lowest BCUT2D eigenvalue weighted by atomic mass is 9.76. The molecule has 20 heavy (non-hydrogen) atoms. The summed E-state index contributed by atoms with van der Waals surface area (Å²) in [5.74, 6) is -3.55. The van der Waals surface area contributed by atoms with Crippen LogP contribution in [0.1, 0.15) is 41.5 Å². The van der Waals surface area contributed by atoms with Crippen LogP contribution in [0.2, 0.25) is 0 Å². The first-order valence-corrected chi connectivity index (χ1v) is 5.95. The molecule has 0 unspecified atom stereocenters. The Hall–Kier alpha value is -2.50. The fraction of sp³-hybridized carbons (Fsp3) is 0.286. The fourth-order valence-corrected chi connectivity index (χ4v) is 2.15. The third kappa shape index (κ3) is 1.72. The second-order valence-corrected chi connectivity index (χ2v) is 5.71. The third-order valence-electron chi connectivity index (χ3n) is 3.26. The predicted octanol–water partition coefficient (Wildman–Crippen LogP) is 1.74. The van der Waals surface area contributed by atoms with Gasteiger partial charge >= 0.3 is 0 Å². The number of phenolic OH excluding ortho intramolecular Hbond substituents is 3. The van der Waals surface area contributed by atoms with Crippen LogP contribution in [0.5, 0.6) is 17.2 Å². The number of aromatic hydroxyl groups is 3. The van der Waals surface area contributed by atoms with Crippen LogP contribution in [0.15, 0.2) is 11.6 Å². The van der Waals surface area contributed by atoms with Crippen molar-refractivity contribution in [2.75, 3.05) is 5.73 Å². The topological polar surface area (TPSA) is 121 Å². The predicted molar refractivity (Wildman–Crippen MR) is 72.0 cm³/mol. The molecule has 1 aliphatic carbocycles. The normalized spacial score (nSPS) is 15.1. The molecule has 1 aliphatic rings. The first-order valence-electron chi connectivity index (χ1n) is 5.95. The quantitative estimate of drug-likeness (QED) is 0.325. The van der Waals surface area contributed by atoms with Crippen molar-refractivity contribution < 1.29 is 24.9 Å². The molecule has 6 nitrogen and oxygen atoms in total. The van der Waals surface area contributed by atoms with Crippen LogP contribution in [0.4, 0.5) is 5.69 Å². The molecule has 1 aromatic carbocycles. The van der Waals surface area contributed by atoms with E-state index in [1.165, 1.54) is 0 Å². The molecule has 0 bridgehead atoms. The van der Waals surface area contributed by atoms with E-state index in [1.54, 1.807) is 20.8 Å². The highest BCUT2D eigenvalue weighted by Gasteiger charge is 2.38. The molecule has 0 heterocycles. The number of carbonyl (C=O) groups excluding carboxylic acids is 2. The highest BCUT2D eigenvalue weighted by Crippen LogP contribution is 2.48. The van der Waals surface area contributed by atoms with Crippen molar-refractivity contribution in [1.82, 2.24) is 0 Å². The number of hydrogen-bond donors (Lipinski definition) is 4. The number of nitrogen functional groups attached to an aromatic ring is 1. The molecular formula is C14H15NO5. The smallest absolute Gasteiger partial charge is 0.194 e. The van der Waals surface area contributed by atoms with Gasteiger partial charge in [-0.05, 0) is 11.5 Å². The zero-order valence-electron chi connectivity index (χ0n) is 11.3. The van der Waals surface area contributed by atoms with E-state index in [0.717, 1.165) is 6.08 Å². The molecule has 0 saturated heterocycles. The monoisotopic (exact) mass is 277 g/mol. The number of fused-ring (bicyclic) bond motifs is 1. The molecule has 0 saturated carbocycles.